The fourth-order valence-electron chi connectivity index (χ4n) is 2.14. The summed E-state index contributed by atoms with van der Waals surface area (Å²) in [4.78, 5) is 13.4. The van der Waals surface area contributed by atoms with Gasteiger partial charge in [0.2, 0.25) is 5.91 Å². The molecule has 1 aliphatic rings. The number of likely N-dealkylation sites (tertiary alicyclic amines) is 1. The summed E-state index contributed by atoms with van der Waals surface area (Å²) in [5.41, 5.74) is 6.86. The molecule has 1 fully saturated rings. The van der Waals surface area contributed by atoms with E-state index in [9.17, 15) is 15.0 Å². The minimum atomic E-state index is -0.863. The average molecular weight is 250 g/mol. The number of hydrogen-bond donors (Lipinski definition) is 3. The number of nitrogens with zero attached hydrogens (tertiary/aromatic N) is 1. The highest BCUT2D eigenvalue weighted by atomic mass is 16.3. The van der Waals surface area contributed by atoms with Crippen LogP contribution in [-0.2, 0) is 11.2 Å². The number of nitrogens with two attached hydrogens (primary N) is 1. The van der Waals surface area contributed by atoms with Crippen molar-refractivity contribution >= 4 is 5.91 Å². The molecule has 2 rings (SSSR count). The zero-order valence-electron chi connectivity index (χ0n) is 10.1. The van der Waals surface area contributed by atoms with Gasteiger partial charge in [0.1, 0.15) is 0 Å². The van der Waals surface area contributed by atoms with Crippen LogP contribution in [0.25, 0.3) is 0 Å². The molecule has 1 amide bonds. The van der Waals surface area contributed by atoms with Crippen LogP contribution in [0, 0.1) is 0 Å². The Kier molecular flexibility index (Phi) is 3.96. The number of rotatable bonds is 3. The summed E-state index contributed by atoms with van der Waals surface area (Å²) in [5.74, 6) is -0.227. The van der Waals surface area contributed by atoms with Crippen LogP contribution in [0.4, 0.5) is 0 Å². The Morgan fingerprint density at radius 1 is 1.28 bits per heavy atom. The molecule has 1 saturated heterocycles. The molecule has 0 spiro atoms. The summed E-state index contributed by atoms with van der Waals surface area (Å²) in [6.45, 7) is 0.310. The molecule has 1 aliphatic heterocycles. The van der Waals surface area contributed by atoms with Crippen LogP contribution in [-0.4, -0.2) is 52.4 Å². The molecular formula is C13H18N2O3. The average Bonchev–Trinajstić information content (AvgIpc) is 2.70. The highest BCUT2D eigenvalue weighted by molar-refractivity contribution is 5.82. The van der Waals surface area contributed by atoms with Crippen molar-refractivity contribution in [1.82, 2.24) is 4.90 Å². The first-order valence-corrected chi connectivity index (χ1v) is 6.02. The molecule has 0 aromatic heterocycles. The second-order valence-corrected chi connectivity index (χ2v) is 4.67. The van der Waals surface area contributed by atoms with Gasteiger partial charge in [-0.15, -0.1) is 0 Å². The first-order valence-electron chi connectivity index (χ1n) is 6.02. The minimum absolute atomic E-state index is 0.155. The lowest BCUT2D eigenvalue weighted by atomic mass is 10.1. The van der Waals surface area contributed by atoms with Crippen molar-refractivity contribution in [2.75, 3.05) is 13.1 Å². The SMILES string of the molecule is N[C@@H](Cc1ccccc1)C(=O)N1C[C@@H](O)[C@@H](O)C1. The lowest BCUT2D eigenvalue weighted by Crippen LogP contribution is -2.44. The Bertz CT molecular complexity index is 400. The third-order valence-electron chi connectivity index (χ3n) is 3.19. The van der Waals surface area contributed by atoms with Gasteiger partial charge < -0.3 is 20.8 Å². The van der Waals surface area contributed by atoms with E-state index in [0.29, 0.717) is 6.42 Å². The van der Waals surface area contributed by atoms with E-state index in [0.717, 1.165) is 5.56 Å². The maximum atomic E-state index is 12.0. The standard InChI is InChI=1S/C13H18N2O3/c14-10(6-9-4-2-1-3-5-9)13(18)15-7-11(16)12(17)8-15/h1-5,10-12,16-17H,6-8,14H2/t10-,11-,12+/m0/s1. The van der Waals surface area contributed by atoms with E-state index in [-0.39, 0.29) is 19.0 Å². The van der Waals surface area contributed by atoms with E-state index in [1.54, 1.807) is 0 Å². The summed E-state index contributed by atoms with van der Waals surface area (Å²) in [6, 6.07) is 8.90. The Balaban J connectivity index is 1.93. The summed E-state index contributed by atoms with van der Waals surface area (Å²) >= 11 is 0. The number of β-amino-alcohol motifs (C(OH)–C–C–N with tert-alkyl or cyclic N) is 2. The molecule has 4 N–H and O–H groups in total. The molecule has 18 heavy (non-hydrogen) atoms. The molecule has 3 atom stereocenters. The van der Waals surface area contributed by atoms with E-state index >= 15 is 0 Å². The van der Waals surface area contributed by atoms with E-state index < -0.39 is 18.2 Å². The fraction of sp³-hybridized carbons (Fsp3) is 0.462. The number of amides is 1. The van der Waals surface area contributed by atoms with Crippen molar-refractivity contribution in [2.24, 2.45) is 5.73 Å². The Hall–Kier alpha value is -1.43. The second-order valence-electron chi connectivity index (χ2n) is 4.67. The van der Waals surface area contributed by atoms with Gasteiger partial charge in [0.15, 0.2) is 0 Å². The summed E-state index contributed by atoms with van der Waals surface area (Å²) in [7, 11) is 0. The number of hydrogen-bond acceptors (Lipinski definition) is 4. The van der Waals surface area contributed by atoms with Crippen molar-refractivity contribution in [3.05, 3.63) is 35.9 Å². The fourth-order valence-corrected chi connectivity index (χ4v) is 2.14. The lowest BCUT2D eigenvalue weighted by molar-refractivity contribution is -0.132. The predicted octanol–water partition coefficient (Wildman–Crippen LogP) is -0.880. The Morgan fingerprint density at radius 2 is 1.83 bits per heavy atom. The number of carbonyl (C=O) groups excluding carboxylic acids is 1. The smallest absolute Gasteiger partial charge is 0.240 e. The molecular weight excluding hydrogens is 232 g/mol. The second kappa shape index (κ2) is 5.48. The normalized spacial score (nSPS) is 25.2. The maximum Gasteiger partial charge on any atom is 0.240 e. The topological polar surface area (TPSA) is 86.8 Å². The van der Waals surface area contributed by atoms with Crippen LogP contribution < -0.4 is 5.73 Å². The van der Waals surface area contributed by atoms with Gasteiger partial charge in [0, 0.05) is 13.1 Å². The number of benzene rings is 1. The monoisotopic (exact) mass is 250 g/mol. The van der Waals surface area contributed by atoms with Crippen LogP contribution in [0.3, 0.4) is 0 Å². The van der Waals surface area contributed by atoms with Gasteiger partial charge in [-0.3, -0.25) is 4.79 Å². The zero-order valence-corrected chi connectivity index (χ0v) is 10.1. The van der Waals surface area contributed by atoms with E-state index in [4.69, 9.17) is 5.73 Å². The maximum absolute atomic E-state index is 12.0. The van der Waals surface area contributed by atoms with Crippen LogP contribution in [0.1, 0.15) is 5.56 Å². The molecule has 0 unspecified atom stereocenters. The van der Waals surface area contributed by atoms with Crippen LogP contribution >= 0.6 is 0 Å². The van der Waals surface area contributed by atoms with Gasteiger partial charge in [0.25, 0.3) is 0 Å². The number of aliphatic hydroxyl groups excluding tert-OH is 2. The lowest BCUT2D eigenvalue weighted by Gasteiger charge is -2.20. The molecule has 0 aliphatic carbocycles. The first-order chi connectivity index (χ1) is 8.58. The minimum Gasteiger partial charge on any atom is -0.388 e. The first kappa shape index (κ1) is 13.0. The third-order valence-corrected chi connectivity index (χ3v) is 3.19. The van der Waals surface area contributed by atoms with Crippen LogP contribution in [0.2, 0.25) is 0 Å². The molecule has 98 valence electrons. The highest BCUT2D eigenvalue weighted by Crippen LogP contribution is 2.12. The van der Waals surface area contributed by atoms with E-state index in [1.807, 2.05) is 30.3 Å². The van der Waals surface area contributed by atoms with Crippen LogP contribution in [0.15, 0.2) is 30.3 Å². The van der Waals surface area contributed by atoms with Gasteiger partial charge in [-0.05, 0) is 12.0 Å². The summed E-state index contributed by atoms with van der Waals surface area (Å²) < 4.78 is 0. The number of aliphatic hydroxyl groups is 2. The Labute approximate surface area is 106 Å². The van der Waals surface area contributed by atoms with E-state index in [2.05, 4.69) is 0 Å². The van der Waals surface area contributed by atoms with Crippen molar-refractivity contribution in [2.45, 2.75) is 24.7 Å². The molecule has 1 aromatic rings. The van der Waals surface area contributed by atoms with Crippen molar-refractivity contribution in [1.29, 1.82) is 0 Å². The van der Waals surface area contributed by atoms with Crippen molar-refractivity contribution in [3.8, 4) is 0 Å². The number of carbonyl (C=O) groups is 1. The molecule has 0 bridgehead atoms. The van der Waals surface area contributed by atoms with Crippen molar-refractivity contribution < 1.29 is 15.0 Å². The molecule has 5 heteroatoms. The van der Waals surface area contributed by atoms with Crippen molar-refractivity contribution in [3.63, 3.8) is 0 Å². The zero-order chi connectivity index (χ0) is 13.1. The quantitative estimate of drug-likeness (QED) is 0.650. The molecule has 0 saturated carbocycles. The summed E-state index contributed by atoms with van der Waals surface area (Å²) in [6.07, 6.45) is -1.27. The van der Waals surface area contributed by atoms with Crippen LogP contribution in [0.5, 0.6) is 0 Å². The Morgan fingerprint density at radius 3 is 2.39 bits per heavy atom. The van der Waals surface area contributed by atoms with Gasteiger partial charge in [-0.2, -0.15) is 0 Å². The van der Waals surface area contributed by atoms with Gasteiger partial charge in [0.05, 0.1) is 18.2 Å². The molecule has 0 radical (unpaired) electrons. The van der Waals surface area contributed by atoms with Gasteiger partial charge >= 0.3 is 0 Å². The molecule has 1 heterocycles. The van der Waals surface area contributed by atoms with Gasteiger partial charge in [-0.25, -0.2) is 0 Å². The predicted molar refractivity (Wildman–Crippen MR) is 66.7 cm³/mol. The molecule has 1 aromatic carbocycles. The van der Waals surface area contributed by atoms with E-state index in [1.165, 1.54) is 4.90 Å². The highest BCUT2D eigenvalue weighted by Gasteiger charge is 2.34. The largest absolute Gasteiger partial charge is 0.388 e. The molecule has 5 nitrogen and oxygen atoms in total. The summed E-state index contributed by atoms with van der Waals surface area (Å²) in [5, 5.41) is 18.8. The third kappa shape index (κ3) is 2.87. The van der Waals surface area contributed by atoms with Gasteiger partial charge in [-0.1, -0.05) is 30.3 Å².